The molecule has 1 aliphatic rings. The number of benzene rings is 2. The average Bonchev–Trinajstić information content (AvgIpc) is 2.82. The maximum absolute atomic E-state index is 12.0. The zero-order valence-corrected chi connectivity index (χ0v) is 19.2. The van der Waals surface area contributed by atoms with E-state index in [4.69, 9.17) is 0 Å². The van der Waals surface area contributed by atoms with Gasteiger partial charge in [0.25, 0.3) is 0 Å². The Kier molecular flexibility index (Phi) is 5.05. The van der Waals surface area contributed by atoms with E-state index in [2.05, 4.69) is 32.9 Å². The molecule has 0 saturated heterocycles. The normalized spacial score (nSPS) is 13.8. The number of rotatable bonds is 2. The molecule has 2 heterocycles. The lowest BCUT2D eigenvalue weighted by Crippen LogP contribution is -2.54. The van der Waals surface area contributed by atoms with Crippen molar-refractivity contribution >= 4 is 33.4 Å². The van der Waals surface area contributed by atoms with E-state index in [9.17, 15) is 9.59 Å². The molecule has 170 valence electrons. The van der Waals surface area contributed by atoms with Crippen molar-refractivity contribution in [3.63, 3.8) is 0 Å². The maximum Gasteiger partial charge on any atom is 0.539 e. The van der Waals surface area contributed by atoms with Crippen LogP contribution in [0.5, 0.6) is 0 Å². The van der Waals surface area contributed by atoms with Gasteiger partial charge in [-0.1, -0.05) is 43.8 Å². The molecule has 0 radical (unpaired) electrons. The van der Waals surface area contributed by atoms with E-state index >= 15 is 0 Å². The number of hydrazone groups is 1. The number of aromatic nitrogens is 4. The van der Waals surface area contributed by atoms with Crippen LogP contribution in [0.2, 0.25) is 0 Å². The Morgan fingerprint density at radius 2 is 1.32 bits per heavy atom. The monoisotopic (exact) mass is 454 g/mol. The third kappa shape index (κ3) is 3.96. The largest absolute Gasteiger partial charge is 0.539 e. The Bertz CT molecular complexity index is 1510. The minimum Gasteiger partial charge on any atom is -0.369 e. The highest BCUT2D eigenvalue weighted by atomic mass is 16.2. The third-order valence-electron chi connectivity index (χ3n) is 5.49. The van der Waals surface area contributed by atoms with Gasteiger partial charge in [-0.05, 0) is 69.3 Å². The molecule has 5 rings (SSSR count). The van der Waals surface area contributed by atoms with Gasteiger partial charge in [-0.15, -0.1) is 0 Å². The highest BCUT2D eigenvalue weighted by Gasteiger charge is 2.15. The van der Waals surface area contributed by atoms with Crippen molar-refractivity contribution < 1.29 is 9.48 Å². The zero-order valence-electron chi connectivity index (χ0n) is 19.2. The van der Waals surface area contributed by atoms with Gasteiger partial charge >= 0.3 is 11.7 Å². The molecule has 3 aromatic carbocycles. The number of hydrogen-bond donors (Lipinski definition) is 0. The van der Waals surface area contributed by atoms with Gasteiger partial charge in [0.05, 0.1) is 0 Å². The van der Waals surface area contributed by atoms with Crippen LogP contribution in [0.4, 0.5) is 4.79 Å². The molecule has 1 aromatic heterocycles. The van der Waals surface area contributed by atoms with Crippen LogP contribution in [-0.2, 0) is 14.1 Å². The molecule has 0 aliphatic carbocycles. The Labute approximate surface area is 195 Å². The van der Waals surface area contributed by atoms with Gasteiger partial charge in [-0.3, -0.25) is 0 Å². The van der Waals surface area contributed by atoms with Gasteiger partial charge in [-0.25, -0.2) is 4.79 Å². The lowest BCUT2D eigenvalue weighted by Gasteiger charge is -2.38. The number of nitrogens with zero attached hydrogens (tertiary/aromatic N) is 8. The van der Waals surface area contributed by atoms with Crippen LogP contribution in [0.3, 0.4) is 0 Å². The SMILES string of the molecule is CN1N=C(c2cc3ccc4cc(-c5nn(C)c(=O)[n+](C)n5)cc(ccc(c2)c3)c4)[N-]N(C)C1=O. The standard InChI is InChI=1S/C24H22N8O2/c1-29-23(33)30(2)26-21(25-29)19-11-15-5-7-17-10-18(8-6-16(9-15)12-19)14-20(13-17)22-27-31(3)24(34)32(4)28-22/h5-14H,1-4H3. The number of carbonyl (C=O) groups excluding carboxylic acids is 1. The Balaban J connectivity index is 1.66. The Morgan fingerprint density at radius 1 is 0.794 bits per heavy atom. The van der Waals surface area contributed by atoms with Crippen molar-refractivity contribution in [1.29, 1.82) is 0 Å². The molecule has 4 bridgehead atoms. The maximum atomic E-state index is 12.0. The molecule has 10 heteroatoms. The van der Waals surface area contributed by atoms with Gasteiger partial charge in [0.2, 0.25) is 5.82 Å². The molecular formula is C24H22N8O2. The summed E-state index contributed by atoms with van der Waals surface area (Å²) in [6, 6.07) is 19.8. The first-order chi connectivity index (χ1) is 16.3. The fourth-order valence-corrected chi connectivity index (χ4v) is 3.81. The first-order valence-electron chi connectivity index (χ1n) is 10.6. The van der Waals surface area contributed by atoms with Crippen molar-refractivity contribution in [3.05, 3.63) is 82.1 Å². The summed E-state index contributed by atoms with van der Waals surface area (Å²) in [6.07, 6.45) is 0. The summed E-state index contributed by atoms with van der Waals surface area (Å²) >= 11 is 0. The van der Waals surface area contributed by atoms with Crippen molar-refractivity contribution in [2.45, 2.75) is 0 Å². The van der Waals surface area contributed by atoms with E-state index in [1.165, 1.54) is 19.4 Å². The molecule has 2 amide bonds. The van der Waals surface area contributed by atoms with Crippen molar-refractivity contribution in [3.8, 4) is 11.4 Å². The second-order valence-electron chi connectivity index (χ2n) is 8.15. The number of fused-ring (bicyclic) bond motifs is 4. The first-order valence-corrected chi connectivity index (χ1v) is 10.6. The summed E-state index contributed by atoms with van der Waals surface area (Å²) in [4.78, 5) is 23.9. The minimum atomic E-state index is -0.292. The Morgan fingerprint density at radius 3 is 1.82 bits per heavy atom. The molecule has 34 heavy (non-hydrogen) atoms. The van der Waals surface area contributed by atoms with Gasteiger partial charge in [0.15, 0.2) is 0 Å². The number of aryl methyl sites for hydroxylation is 2. The van der Waals surface area contributed by atoms with Crippen molar-refractivity contribution in [2.24, 2.45) is 19.2 Å². The van der Waals surface area contributed by atoms with E-state index in [1.807, 2.05) is 48.5 Å². The molecule has 0 atom stereocenters. The van der Waals surface area contributed by atoms with Gasteiger partial charge in [-0.2, -0.15) is 4.79 Å². The molecule has 4 aromatic rings. The van der Waals surface area contributed by atoms with Crippen LogP contribution < -0.4 is 10.4 Å². The lowest BCUT2D eigenvalue weighted by atomic mass is 10.1. The fourth-order valence-electron chi connectivity index (χ4n) is 3.81. The minimum absolute atomic E-state index is 0.292. The predicted octanol–water partition coefficient (Wildman–Crippen LogP) is 2.48. The van der Waals surface area contributed by atoms with Crippen LogP contribution in [-0.4, -0.2) is 50.9 Å². The molecule has 0 fully saturated rings. The number of hydrogen-bond acceptors (Lipinski definition) is 5. The first kappa shape index (κ1) is 21.3. The summed E-state index contributed by atoms with van der Waals surface area (Å²) in [5.41, 5.74) is 5.64. The highest BCUT2D eigenvalue weighted by Crippen LogP contribution is 2.23. The molecule has 0 N–H and O–H groups in total. The van der Waals surface area contributed by atoms with E-state index < -0.39 is 0 Å². The van der Waals surface area contributed by atoms with Gasteiger partial charge in [0.1, 0.15) is 14.1 Å². The summed E-state index contributed by atoms with van der Waals surface area (Å²) < 4.78 is 2.55. The van der Waals surface area contributed by atoms with E-state index in [1.54, 1.807) is 28.2 Å². The average molecular weight is 454 g/mol. The van der Waals surface area contributed by atoms with Crippen LogP contribution in [0, 0.1) is 0 Å². The molecular weight excluding hydrogens is 432 g/mol. The summed E-state index contributed by atoms with van der Waals surface area (Å²) in [5.74, 6) is 0.930. The number of carbonyl (C=O) groups is 1. The molecule has 0 spiro atoms. The molecule has 10 nitrogen and oxygen atoms in total. The Hall–Kier alpha value is -4.60. The van der Waals surface area contributed by atoms with Crippen LogP contribution >= 0.6 is 0 Å². The molecule has 0 unspecified atom stereocenters. The van der Waals surface area contributed by atoms with Crippen molar-refractivity contribution in [1.82, 2.24) is 24.9 Å². The third-order valence-corrected chi connectivity index (χ3v) is 5.49. The van der Waals surface area contributed by atoms with Gasteiger partial charge in [0, 0.05) is 19.7 Å². The lowest BCUT2D eigenvalue weighted by molar-refractivity contribution is -0.749. The quantitative estimate of drug-likeness (QED) is 0.434. The predicted molar refractivity (Wildman–Crippen MR) is 129 cm³/mol. The topological polar surface area (TPSA) is 102 Å². The smallest absolute Gasteiger partial charge is 0.369 e. The summed E-state index contributed by atoms with van der Waals surface area (Å²) in [5, 5.41) is 19.4. The number of amides is 2. The zero-order chi connectivity index (χ0) is 24.0. The number of amidine groups is 1. The fraction of sp³-hybridized carbons (Fsp3) is 0.167. The van der Waals surface area contributed by atoms with Crippen LogP contribution in [0.15, 0.2) is 70.6 Å². The summed E-state index contributed by atoms with van der Waals surface area (Å²) in [7, 11) is 6.42. The van der Waals surface area contributed by atoms with Gasteiger partial charge < -0.3 is 20.5 Å². The van der Waals surface area contributed by atoms with E-state index in [0.29, 0.717) is 11.7 Å². The van der Waals surface area contributed by atoms with E-state index in [0.717, 1.165) is 32.7 Å². The second-order valence-corrected chi connectivity index (χ2v) is 8.15. The van der Waals surface area contributed by atoms with Crippen molar-refractivity contribution in [2.75, 3.05) is 14.1 Å². The summed E-state index contributed by atoms with van der Waals surface area (Å²) in [6.45, 7) is 0. The van der Waals surface area contributed by atoms with Crippen LogP contribution in [0.1, 0.15) is 5.56 Å². The van der Waals surface area contributed by atoms with Crippen LogP contribution in [0.25, 0.3) is 38.4 Å². The molecule has 0 saturated carbocycles. The second kappa shape index (κ2) is 8.07. The number of urea groups is 1. The molecule has 1 aliphatic heterocycles. The van der Waals surface area contributed by atoms with E-state index in [-0.39, 0.29) is 11.7 Å². The highest BCUT2D eigenvalue weighted by molar-refractivity contribution is 6.12.